The molecule has 3 unspecified atom stereocenters. The van der Waals surface area contributed by atoms with Crippen LogP contribution in [0.2, 0.25) is 0 Å². The van der Waals surface area contributed by atoms with Gasteiger partial charge < -0.3 is 33.8 Å². The summed E-state index contributed by atoms with van der Waals surface area (Å²) in [5.41, 5.74) is 0. The van der Waals surface area contributed by atoms with Crippen LogP contribution in [0.5, 0.6) is 0 Å². The van der Waals surface area contributed by atoms with Crippen LogP contribution in [0.25, 0.3) is 0 Å². The number of esters is 4. The predicted octanol–water partition coefficient (Wildman–Crippen LogP) is 24.8. The van der Waals surface area contributed by atoms with Crippen molar-refractivity contribution in [1.82, 2.24) is 0 Å². The molecular weight excluding hydrogens is 1320 g/mol. The van der Waals surface area contributed by atoms with Gasteiger partial charge in [0.1, 0.15) is 19.3 Å². The Kier molecular flexibility index (Phi) is 73.5. The smallest absolute Gasteiger partial charge is 0.462 e. The van der Waals surface area contributed by atoms with E-state index in [0.29, 0.717) is 25.7 Å². The van der Waals surface area contributed by atoms with Gasteiger partial charge in [-0.25, -0.2) is 9.13 Å². The van der Waals surface area contributed by atoms with Crippen LogP contribution < -0.4 is 0 Å². The van der Waals surface area contributed by atoms with Gasteiger partial charge in [0, 0.05) is 25.7 Å². The lowest BCUT2D eigenvalue weighted by Gasteiger charge is -2.21. The first kappa shape index (κ1) is 99.1. The molecule has 17 nitrogen and oxygen atoms in total. The summed E-state index contributed by atoms with van der Waals surface area (Å²) in [4.78, 5) is 73.0. The van der Waals surface area contributed by atoms with Crippen LogP contribution in [0.1, 0.15) is 439 Å². The number of unbranched alkanes of at least 4 members (excludes halogenated alkanes) is 53. The van der Waals surface area contributed by atoms with Crippen molar-refractivity contribution >= 4 is 39.5 Å². The summed E-state index contributed by atoms with van der Waals surface area (Å²) >= 11 is 0. The van der Waals surface area contributed by atoms with Gasteiger partial charge in [-0.1, -0.05) is 388 Å². The lowest BCUT2D eigenvalue weighted by atomic mass is 9.99. The number of aliphatic hydroxyl groups is 1. The number of aliphatic hydroxyl groups excluding tert-OH is 1. The van der Waals surface area contributed by atoms with Crippen molar-refractivity contribution < 1.29 is 80.2 Å². The molecule has 0 aromatic heterocycles. The van der Waals surface area contributed by atoms with E-state index in [4.69, 9.17) is 37.0 Å². The maximum atomic E-state index is 13.1. The third-order valence-electron chi connectivity index (χ3n) is 19.6. The highest BCUT2D eigenvalue weighted by atomic mass is 31.2. The monoisotopic (exact) mass is 1480 g/mol. The minimum Gasteiger partial charge on any atom is -0.462 e. The van der Waals surface area contributed by atoms with Crippen molar-refractivity contribution in [2.24, 2.45) is 5.92 Å². The fraction of sp³-hybridized carbons (Fsp3) is 0.951. The van der Waals surface area contributed by atoms with Crippen molar-refractivity contribution in [3.8, 4) is 0 Å². The predicted molar refractivity (Wildman–Crippen MR) is 414 cm³/mol. The topological polar surface area (TPSA) is 237 Å². The molecule has 0 aliphatic carbocycles. The number of rotatable bonds is 82. The molecule has 0 aliphatic rings. The average molecular weight is 1480 g/mol. The fourth-order valence-electron chi connectivity index (χ4n) is 12.7. The molecule has 0 amide bonds. The standard InChI is InChI=1S/C82H160O17P2/c1-6-10-13-16-19-22-24-26-28-35-38-42-46-51-56-61-66-80(85)93-72-78(99-82(87)68-63-58-53-48-44-40-36-32-30-29-31-34-37-41-45-49-54-59-64-75(5)9-4)74-97-101(90,91)95-70-76(83)69-94-100(88,89)96-73-77(71-92-79(84)65-60-55-50-21-18-15-12-8-3)98-81(86)67-62-57-52-47-43-39-33-27-25-23-20-17-14-11-7-2/h75-78,83H,6-74H2,1-5H3,(H,88,89)(H,90,91)/t75?,76-,77+,78+/m0/s1. The number of ether oxygens (including phenoxy) is 4. The zero-order chi connectivity index (χ0) is 74.1. The molecule has 0 saturated heterocycles. The Balaban J connectivity index is 5.18. The minimum atomic E-state index is -4.96. The van der Waals surface area contributed by atoms with E-state index < -0.39 is 97.5 Å². The molecule has 101 heavy (non-hydrogen) atoms. The molecule has 0 heterocycles. The Morgan fingerprint density at radius 2 is 0.475 bits per heavy atom. The van der Waals surface area contributed by atoms with Crippen LogP contribution in [0.3, 0.4) is 0 Å². The Hall–Kier alpha value is -1.94. The van der Waals surface area contributed by atoms with Gasteiger partial charge in [0.15, 0.2) is 12.2 Å². The van der Waals surface area contributed by atoms with E-state index in [2.05, 4.69) is 34.6 Å². The maximum absolute atomic E-state index is 13.1. The Bertz CT molecular complexity index is 1930. The van der Waals surface area contributed by atoms with E-state index in [1.54, 1.807) is 0 Å². The van der Waals surface area contributed by atoms with Crippen molar-refractivity contribution in [3.05, 3.63) is 0 Å². The summed E-state index contributed by atoms with van der Waals surface area (Å²) in [7, 11) is -9.92. The third kappa shape index (κ3) is 74.7. The third-order valence-corrected chi connectivity index (χ3v) is 21.5. The number of phosphoric ester groups is 2. The Morgan fingerprint density at radius 1 is 0.277 bits per heavy atom. The van der Waals surface area contributed by atoms with E-state index >= 15 is 0 Å². The highest BCUT2D eigenvalue weighted by Crippen LogP contribution is 2.45. The molecule has 0 bridgehead atoms. The van der Waals surface area contributed by atoms with Crippen molar-refractivity contribution in [2.75, 3.05) is 39.6 Å². The van der Waals surface area contributed by atoms with Crippen LogP contribution in [0.15, 0.2) is 0 Å². The molecular formula is C82H160O17P2. The second-order valence-corrected chi connectivity index (χ2v) is 32.7. The highest BCUT2D eigenvalue weighted by Gasteiger charge is 2.30. The van der Waals surface area contributed by atoms with Crippen LogP contribution in [0, 0.1) is 5.92 Å². The lowest BCUT2D eigenvalue weighted by molar-refractivity contribution is -0.161. The van der Waals surface area contributed by atoms with Gasteiger partial charge in [-0.3, -0.25) is 37.3 Å². The van der Waals surface area contributed by atoms with E-state index in [0.717, 1.165) is 95.8 Å². The first-order valence-electron chi connectivity index (χ1n) is 42.7. The SMILES string of the molecule is CCCCCCCCCCCCCCCCCCC(=O)OC[C@H](COP(=O)(O)OC[C@@H](O)COP(=O)(O)OC[C@@H](COC(=O)CCCCCCCCCC)OC(=O)CCCCCCCCCCCCCCCCC)OC(=O)CCCCCCCCCCCCCCCCCCCCC(C)CC. The molecule has 6 atom stereocenters. The first-order valence-corrected chi connectivity index (χ1v) is 45.7. The average Bonchev–Trinajstić information content (AvgIpc) is 0.942. The van der Waals surface area contributed by atoms with Crippen molar-refractivity contribution in [1.29, 1.82) is 0 Å². The first-order chi connectivity index (χ1) is 49.1. The summed E-state index contributed by atoms with van der Waals surface area (Å²) in [6.07, 6.45) is 66.6. The number of hydrogen-bond donors (Lipinski definition) is 3. The summed E-state index contributed by atoms with van der Waals surface area (Å²) in [6.45, 7) is 7.38. The summed E-state index contributed by atoms with van der Waals surface area (Å²) in [5, 5.41) is 10.6. The second-order valence-electron chi connectivity index (χ2n) is 29.8. The lowest BCUT2D eigenvalue weighted by Crippen LogP contribution is -2.30. The summed E-state index contributed by atoms with van der Waals surface area (Å²) < 4.78 is 68.7. The zero-order valence-corrected chi connectivity index (χ0v) is 67.8. The second kappa shape index (κ2) is 74.9. The molecule has 0 saturated carbocycles. The Morgan fingerprint density at radius 3 is 0.703 bits per heavy atom. The Labute approximate surface area is 619 Å². The van der Waals surface area contributed by atoms with E-state index in [1.807, 2.05) is 0 Å². The highest BCUT2D eigenvalue weighted by molar-refractivity contribution is 7.47. The van der Waals surface area contributed by atoms with Gasteiger partial charge in [-0.2, -0.15) is 0 Å². The molecule has 19 heteroatoms. The van der Waals surface area contributed by atoms with Crippen LogP contribution in [-0.4, -0.2) is 96.7 Å². The largest absolute Gasteiger partial charge is 0.472 e. The van der Waals surface area contributed by atoms with Crippen LogP contribution in [-0.2, 0) is 65.4 Å². The minimum absolute atomic E-state index is 0.108. The summed E-state index contributed by atoms with van der Waals surface area (Å²) in [6, 6.07) is 0. The number of phosphoric acid groups is 2. The maximum Gasteiger partial charge on any atom is 0.472 e. The van der Waals surface area contributed by atoms with Crippen molar-refractivity contribution in [2.45, 2.75) is 457 Å². The molecule has 0 aromatic carbocycles. The molecule has 0 radical (unpaired) electrons. The van der Waals surface area contributed by atoms with E-state index in [-0.39, 0.29) is 25.7 Å². The van der Waals surface area contributed by atoms with Crippen LogP contribution in [0.4, 0.5) is 0 Å². The van der Waals surface area contributed by atoms with Gasteiger partial charge in [0.2, 0.25) is 0 Å². The van der Waals surface area contributed by atoms with Gasteiger partial charge in [0.05, 0.1) is 26.4 Å². The molecule has 0 spiro atoms. The molecule has 3 N–H and O–H groups in total. The molecule has 600 valence electrons. The molecule has 0 fully saturated rings. The molecule has 0 rings (SSSR count). The quantitative estimate of drug-likeness (QED) is 0.0222. The number of hydrogen-bond acceptors (Lipinski definition) is 15. The fourth-order valence-corrected chi connectivity index (χ4v) is 14.3. The van der Waals surface area contributed by atoms with E-state index in [1.165, 1.54) is 263 Å². The van der Waals surface area contributed by atoms with Gasteiger partial charge >= 0.3 is 39.5 Å². The van der Waals surface area contributed by atoms with Gasteiger partial charge in [0.25, 0.3) is 0 Å². The normalized spacial score (nSPS) is 14.1. The van der Waals surface area contributed by atoms with E-state index in [9.17, 15) is 43.2 Å². The van der Waals surface area contributed by atoms with Gasteiger partial charge in [-0.15, -0.1) is 0 Å². The molecule has 0 aromatic rings. The van der Waals surface area contributed by atoms with Crippen molar-refractivity contribution in [3.63, 3.8) is 0 Å². The van der Waals surface area contributed by atoms with Gasteiger partial charge in [-0.05, 0) is 31.6 Å². The molecule has 0 aliphatic heterocycles. The summed E-state index contributed by atoms with van der Waals surface area (Å²) in [5.74, 6) is -1.24. The zero-order valence-electron chi connectivity index (χ0n) is 66.1. The number of carbonyl (C=O) groups is 4. The number of carbonyl (C=O) groups excluding carboxylic acids is 4. The van der Waals surface area contributed by atoms with Crippen LogP contribution >= 0.6 is 15.6 Å².